The number of aromatic amines is 1. The van der Waals surface area contributed by atoms with Crippen LogP contribution in [0.3, 0.4) is 0 Å². The zero-order chi connectivity index (χ0) is 10.8. The van der Waals surface area contributed by atoms with E-state index in [0.717, 1.165) is 22.5 Å². The van der Waals surface area contributed by atoms with Crippen LogP contribution in [0.2, 0.25) is 0 Å². The fraction of sp³-hybridized carbons (Fsp3) is 0.167. The molecule has 0 saturated heterocycles. The standard InChI is InChI=1S/C12H12N2O/c1-8-7-12(14-13-8)11-5-3-10(4-6-11)9(2)15/h3-7H,1-2H3,(H,13,14). The van der Waals surface area contributed by atoms with Crippen molar-refractivity contribution in [2.75, 3.05) is 0 Å². The summed E-state index contributed by atoms with van der Waals surface area (Å²) in [6.45, 7) is 3.52. The predicted molar refractivity (Wildman–Crippen MR) is 58.8 cm³/mol. The molecule has 1 N–H and O–H groups in total. The number of aromatic nitrogens is 2. The fourth-order valence-corrected chi connectivity index (χ4v) is 1.44. The molecule has 1 aromatic heterocycles. The smallest absolute Gasteiger partial charge is 0.159 e. The highest BCUT2D eigenvalue weighted by molar-refractivity contribution is 5.94. The minimum Gasteiger partial charge on any atom is -0.295 e. The molecule has 1 aromatic carbocycles. The average molecular weight is 200 g/mol. The number of carbonyl (C=O) groups excluding carboxylic acids is 1. The molecule has 0 radical (unpaired) electrons. The van der Waals surface area contributed by atoms with Gasteiger partial charge in [-0.3, -0.25) is 9.89 Å². The number of aryl methyl sites for hydroxylation is 1. The van der Waals surface area contributed by atoms with E-state index >= 15 is 0 Å². The summed E-state index contributed by atoms with van der Waals surface area (Å²) in [5, 5.41) is 7.04. The van der Waals surface area contributed by atoms with Gasteiger partial charge in [-0.1, -0.05) is 24.3 Å². The van der Waals surface area contributed by atoms with Crippen LogP contribution in [-0.2, 0) is 0 Å². The summed E-state index contributed by atoms with van der Waals surface area (Å²) in [6, 6.07) is 9.44. The van der Waals surface area contributed by atoms with Crippen LogP contribution < -0.4 is 0 Å². The minimum absolute atomic E-state index is 0.0831. The largest absolute Gasteiger partial charge is 0.295 e. The van der Waals surface area contributed by atoms with Crippen molar-refractivity contribution >= 4 is 5.78 Å². The summed E-state index contributed by atoms with van der Waals surface area (Å²) in [6.07, 6.45) is 0. The number of ketones is 1. The molecule has 0 bridgehead atoms. The number of carbonyl (C=O) groups is 1. The molecule has 0 unspecified atom stereocenters. The first-order valence-corrected chi connectivity index (χ1v) is 4.80. The van der Waals surface area contributed by atoms with Crippen molar-refractivity contribution < 1.29 is 4.79 Å². The first kappa shape index (κ1) is 9.65. The normalized spacial score (nSPS) is 10.3. The second-order valence-electron chi connectivity index (χ2n) is 3.57. The third kappa shape index (κ3) is 1.96. The lowest BCUT2D eigenvalue weighted by Gasteiger charge is -1.97. The molecule has 15 heavy (non-hydrogen) atoms. The van der Waals surface area contributed by atoms with Gasteiger partial charge in [0.1, 0.15) is 0 Å². The maximum Gasteiger partial charge on any atom is 0.159 e. The number of nitrogens with one attached hydrogen (secondary N) is 1. The number of hydrogen-bond acceptors (Lipinski definition) is 2. The van der Waals surface area contributed by atoms with Gasteiger partial charge in [-0.25, -0.2) is 0 Å². The van der Waals surface area contributed by atoms with Crippen LogP contribution in [0.1, 0.15) is 23.0 Å². The molecular formula is C12H12N2O. The van der Waals surface area contributed by atoms with E-state index in [-0.39, 0.29) is 5.78 Å². The number of rotatable bonds is 2. The summed E-state index contributed by atoms with van der Waals surface area (Å²) in [5.74, 6) is 0.0831. The van der Waals surface area contributed by atoms with Gasteiger partial charge in [0.25, 0.3) is 0 Å². The van der Waals surface area contributed by atoms with Crippen LogP contribution in [0.5, 0.6) is 0 Å². The molecule has 76 valence electrons. The Morgan fingerprint density at radius 2 is 1.93 bits per heavy atom. The Morgan fingerprint density at radius 1 is 1.27 bits per heavy atom. The van der Waals surface area contributed by atoms with Gasteiger partial charge < -0.3 is 0 Å². The summed E-state index contributed by atoms with van der Waals surface area (Å²) >= 11 is 0. The quantitative estimate of drug-likeness (QED) is 0.757. The van der Waals surface area contributed by atoms with Crippen LogP contribution >= 0.6 is 0 Å². The van der Waals surface area contributed by atoms with Crippen molar-refractivity contribution in [1.29, 1.82) is 0 Å². The zero-order valence-corrected chi connectivity index (χ0v) is 8.74. The van der Waals surface area contributed by atoms with Gasteiger partial charge in [0, 0.05) is 16.8 Å². The first-order chi connectivity index (χ1) is 7.16. The molecule has 0 aliphatic rings. The van der Waals surface area contributed by atoms with E-state index in [9.17, 15) is 4.79 Å². The molecule has 0 aliphatic carbocycles. The van der Waals surface area contributed by atoms with Crippen molar-refractivity contribution in [3.8, 4) is 11.3 Å². The number of benzene rings is 1. The van der Waals surface area contributed by atoms with Crippen molar-refractivity contribution in [2.45, 2.75) is 13.8 Å². The van der Waals surface area contributed by atoms with E-state index in [2.05, 4.69) is 10.2 Å². The van der Waals surface area contributed by atoms with E-state index in [1.807, 2.05) is 37.3 Å². The number of H-pyrrole nitrogens is 1. The molecule has 2 rings (SSSR count). The van der Waals surface area contributed by atoms with E-state index in [0.29, 0.717) is 0 Å². The Labute approximate surface area is 88.1 Å². The van der Waals surface area contributed by atoms with Crippen LogP contribution in [0.4, 0.5) is 0 Å². The molecule has 3 heteroatoms. The number of hydrogen-bond donors (Lipinski definition) is 1. The maximum absolute atomic E-state index is 11.1. The number of nitrogens with zero attached hydrogens (tertiary/aromatic N) is 1. The highest BCUT2D eigenvalue weighted by atomic mass is 16.1. The second kappa shape index (κ2) is 3.69. The van der Waals surface area contributed by atoms with Gasteiger partial charge in [0.2, 0.25) is 0 Å². The van der Waals surface area contributed by atoms with Gasteiger partial charge in [-0.15, -0.1) is 0 Å². The molecule has 0 amide bonds. The van der Waals surface area contributed by atoms with E-state index in [4.69, 9.17) is 0 Å². The van der Waals surface area contributed by atoms with E-state index in [1.54, 1.807) is 6.92 Å². The Kier molecular flexibility index (Phi) is 2.37. The summed E-state index contributed by atoms with van der Waals surface area (Å²) in [5.41, 5.74) is 3.68. The SMILES string of the molecule is CC(=O)c1ccc(-c2cc(C)[nH]n2)cc1. The lowest BCUT2D eigenvalue weighted by atomic mass is 10.1. The number of Topliss-reactive ketones (excluding diaryl/α,β-unsaturated/α-hetero) is 1. The molecule has 0 atom stereocenters. The Hall–Kier alpha value is -1.90. The van der Waals surface area contributed by atoms with E-state index in [1.165, 1.54) is 0 Å². The lowest BCUT2D eigenvalue weighted by molar-refractivity contribution is 0.101. The van der Waals surface area contributed by atoms with Crippen molar-refractivity contribution in [3.63, 3.8) is 0 Å². The Morgan fingerprint density at radius 3 is 2.40 bits per heavy atom. The predicted octanol–water partition coefficient (Wildman–Crippen LogP) is 2.59. The third-order valence-corrected chi connectivity index (χ3v) is 2.29. The van der Waals surface area contributed by atoms with Crippen molar-refractivity contribution in [2.24, 2.45) is 0 Å². The van der Waals surface area contributed by atoms with Gasteiger partial charge in [0.15, 0.2) is 5.78 Å². The summed E-state index contributed by atoms with van der Waals surface area (Å²) in [7, 11) is 0. The third-order valence-electron chi connectivity index (χ3n) is 2.29. The fourth-order valence-electron chi connectivity index (χ4n) is 1.44. The highest BCUT2D eigenvalue weighted by Crippen LogP contribution is 2.18. The first-order valence-electron chi connectivity index (χ1n) is 4.80. The Balaban J connectivity index is 2.35. The van der Waals surface area contributed by atoms with Crippen LogP contribution in [-0.4, -0.2) is 16.0 Å². The molecule has 0 spiro atoms. The lowest BCUT2D eigenvalue weighted by Crippen LogP contribution is -1.90. The van der Waals surface area contributed by atoms with Gasteiger partial charge in [-0.2, -0.15) is 5.10 Å². The van der Waals surface area contributed by atoms with Crippen LogP contribution in [0, 0.1) is 6.92 Å². The molecule has 0 saturated carbocycles. The van der Waals surface area contributed by atoms with Gasteiger partial charge in [0.05, 0.1) is 5.69 Å². The van der Waals surface area contributed by atoms with Crippen LogP contribution in [0.25, 0.3) is 11.3 Å². The zero-order valence-electron chi connectivity index (χ0n) is 8.74. The minimum atomic E-state index is 0.0831. The molecule has 0 aliphatic heterocycles. The van der Waals surface area contributed by atoms with E-state index < -0.39 is 0 Å². The second-order valence-corrected chi connectivity index (χ2v) is 3.57. The topological polar surface area (TPSA) is 45.8 Å². The molecule has 1 heterocycles. The molecule has 0 fully saturated rings. The summed E-state index contributed by atoms with van der Waals surface area (Å²) in [4.78, 5) is 11.1. The van der Waals surface area contributed by atoms with Gasteiger partial charge >= 0.3 is 0 Å². The van der Waals surface area contributed by atoms with Gasteiger partial charge in [-0.05, 0) is 19.9 Å². The average Bonchev–Trinajstić information content (AvgIpc) is 2.65. The maximum atomic E-state index is 11.1. The molecule has 3 nitrogen and oxygen atoms in total. The highest BCUT2D eigenvalue weighted by Gasteiger charge is 2.03. The van der Waals surface area contributed by atoms with Crippen LogP contribution in [0.15, 0.2) is 30.3 Å². The molecular weight excluding hydrogens is 188 g/mol. The Bertz CT molecular complexity index is 483. The monoisotopic (exact) mass is 200 g/mol. The van der Waals surface area contributed by atoms with Crippen molar-refractivity contribution in [3.05, 3.63) is 41.6 Å². The molecule has 2 aromatic rings. The van der Waals surface area contributed by atoms with Crippen molar-refractivity contribution in [1.82, 2.24) is 10.2 Å². The summed E-state index contributed by atoms with van der Waals surface area (Å²) < 4.78 is 0.